The number of nitrogens with one attached hydrogen (secondary N) is 1. The van der Waals surface area contributed by atoms with Gasteiger partial charge in [-0.3, -0.25) is 9.59 Å². The van der Waals surface area contributed by atoms with E-state index in [9.17, 15) is 9.59 Å². The first-order valence-electron chi connectivity index (χ1n) is 9.62. The van der Waals surface area contributed by atoms with Crippen molar-refractivity contribution in [1.29, 1.82) is 0 Å². The molecule has 1 heterocycles. The minimum absolute atomic E-state index is 0.0595. The molecule has 1 fully saturated rings. The van der Waals surface area contributed by atoms with Crippen molar-refractivity contribution in [1.82, 2.24) is 4.90 Å². The molecule has 0 radical (unpaired) electrons. The number of nitrogens with zero attached hydrogens (tertiary/aromatic N) is 1. The lowest BCUT2D eigenvalue weighted by Gasteiger charge is -2.20. The highest BCUT2D eigenvalue weighted by Gasteiger charge is 2.17. The van der Waals surface area contributed by atoms with E-state index in [0.29, 0.717) is 22.7 Å². The Kier molecular flexibility index (Phi) is 6.89. The van der Waals surface area contributed by atoms with Gasteiger partial charge in [0.25, 0.3) is 11.8 Å². The minimum atomic E-state index is -0.266. The Labute approximate surface area is 165 Å². The molecular formula is C22H26N2O4. The number of anilines is 1. The number of carbonyl (C=O) groups excluding carboxylic acids is 2. The molecule has 6 nitrogen and oxygen atoms in total. The fourth-order valence-electron chi connectivity index (χ4n) is 3.20. The van der Waals surface area contributed by atoms with Crippen LogP contribution in [-0.4, -0.2) is 43.5 Å². The molecule has 0 bridgehead atoms. The van der Waals surface area contributed by atoms with Crippen LogP contribution in [0.1, 0.15) is 36.0 Å². The highest BCUT2D eigenvalue weighted by molar-refractivity contribution is 5.94. The van der Waals surface area contributed by atoms with Gasteiger partial charge in [-0.1, -0.05) is 18.9 Å². The van der Waals surface area contributed by atoms with Crippen molar-refractivity contribution < 1.29 is 19.1 Å². The summed E-state index contributed by atoms with van der Waals surface area (Å²) in [6, 6.07) is 14.1. The van der Waals surface area contributed by atoms with Crippen LogP contribution in [0.5, 0.6) is 11.5 Å². The van der Waals surface area contributed by atoms with Gasteiger partial charge in [-0.25, -0.2) is 0 Å². The van der Waals surface area contributed by atoms with Crippen molar-refractivity contribution in [2.24, 2.45) is 0 Å². The summed E-state index contributed by atoms with van der Waals surface area (Å²) in [7, 11) is 1.57. The Morgan fingerprint density at radius 2 is 1.68 bits per heavy atom. The molecule has 0 spiro atoms. The van der Waals surface area contributed by atoms with Crippen molar-refractivity contribution in [3.05, 3.63) is 54.1 Å². The average molecular weight is 382 g/mol. The number of methoxy groups -OCH3 is 1. The van der Waals surface area contributed by atoms with Crippen LogP contribution in [0, 0.1) is 0 Å². The van der Waals surface area contributed by atoms with Crippen molar-refractivity contribution in [3.8, 4) is 11.5 Å². The van der Waals surface area contributed by atoms with E-state index in [1.807, 2.05) is 4.90 Å². The zero-order valence-electron chi connectivity index (χ0n) is 16.1. The van der Waals surface area contributed by atoms with E-state index >= 15 is 0 Å². The molecule has 148 valence electrons. The molecule has 28 heavy (non-hydrogen) atoms. The summed E-state index contributed by atoms with van der Waals surface area (Å²) in [6.07, 6.45) is 4.51. The first-order chi connectivity index (χ1) is 13.7. The first-order valence-corrected chi connectivity index (χ1v) is 9.62. The van der Waals surface area contributed by atoms with Gasteiger partial charge >= 0.3 is 0 Å². The van der Waals surface area contributed by atoms with Crippen molar-refractivity contribution in [3.63, 3.8) is 0 Å². The van der Waals surface area contributed by atoms with Crippen LogP contribution < -0.4 is 14.8 Å². The van der Waals surface area contributed by atoms with Gasteiger partial charge in [0.05, 0.1) is 7.11 Å². The number of carbonyl (C=O) groups is 2. The Bertz CT molecular complexity index is 796. The molecule has 2 amide bonds. The van der Waals surface area contributed by atoms with Gasteiger partial charge in [0.2, 0.25) is 0 Å². The van der Waals surface area contributed by atoms with E-state index in [-0.39, 0.29) is 18.4 Å². The number of hydrogen-bond donors (Lipinski definition) is 1. The van der Waals surface area contributed by atoms with Crippen LogP contribution in [0.15, 0.2) is 48.5 Å². The SMILES string of the molecule is COc1cccc(NC(=O)COc2ccc(C(=O)N3CCCCCC3)cc2)c1. The molecule has 6 heteroatoms. The molecular weight excluding hydrogens is 356 g/mol. The Morgan fingerprint density at radius 3 is 2.36 bits per heavy atom. The highest BCUT2D eigenvalue weighted by atomic mass is 16.5. The third kappa shape index (κ3) is 5.49. The fourth-order valence-corrected chi connectivity index (χ4v) is 3.20. The topological polar surface area (TPSA) is 67.9 Å². The van der Waals surface area contributed by atoms with E-state index in [1.165, 1.54) is 12.8 Å². The number of hydrogen-bond acceptors (Lipinski definition) is 4. The predicted octanol–water partition coefficient (Wildman–Crippen LogP) is 3.73. The second-order valence-corrected chi connectivity index (χ2v) is 6.80. The van der Waals surface area contributed by atoms with Crippen LogP contribution in [0.2, 0.25) is 0 Å². The lowest BCUT2D eigenvalue weighted by Crippen LogP contribution is -2.31. The fraction of sp³-hybridized carbons (Fsp3) is 0.364. The lowest BCUT2D eigenvalue weighted by molar-refractivity contribution is -0.118. The summed E-state index contributed by atoms with van der Waals surface area (Å²) < 4.78 is 10.7. The van der Waals surface area contributed by atoms with Gasteiger partial charge in [-0.2, -0.15) is 0 Å². The third-order valence-electron chi connectivity index (χ3n) is 4.72. The Morgan fingerprint density at radius 1 is 0.964 bits per heavy atom. The van der Waals surface area contributed by atoms with Crippen LogP contribution in [0.25, 0.3) is 0 Å². The van der Waals surface area contributed by atoms with Crippen LogP contribution in [-0.2, 0) is 4.79 Å². The summed E-state index contributed by atoms with van der Waals surface area (Å²) in [6.45, 7) is 1.53. The van der Waals surface area contributed by atoms with Gasteiger partial charge in [-0.05, 0) is 49.2 Å². The smallest absolute Gasteiger partial charge is 0.262 e. The molecule has 0 unspecified atom stereocenters. The van der Waals surface area contributed by atoms with Crippen molar-refractivity contribution in [2.45, 2.75) is 25.7 Å². The minimum Gasteiger partial charge on any atom is -0.497 e. The van der Waals surface area contributed by atoms with E-state index in [4.69, 9.17) is 9.47 Å². The zero-order chi connectivity index (χ0) is 19.8. The highest BCUT2D eigenvalue weighted by Crippen LogP contribution is 2.18. The van der Waals surface area contributed by atoms with E-state index in [1.54, 1.807) is 55.6 Å². The number of rotatable bonds is 6. The number of likely N-dealkylation sites (tertiary alicyclic amines) is 1. The Hall–Kier alpha value is -3.02. The summed E-state index contributed by atoms with van der Waals surface area (Å²) >= 11 is 0. The second-order valence-electron chi connectivity index (χ2n) is 6.80. The molecule has 2 aromatic carbocycles. The summed E-state index contributed by atoms with van der Waals surface area (Å²) in [4.78, 5) is 26.6. The van der Waals surface area contributed by atoms with E-state index < -0.39 is 0 Å². The lowest BCUT2D eigenvalue weighted by atomic mass is 10.2. The molecule has 1 aliphatic rings. The Balaban J connectivity index is 1.51. The maximum Gasteiger partial charge on any atom is 0.262 e. The number of amides is 2. The molecule has 1 saturated heterocycles. The normalized spacial score (nSPS) is 14.1. The molecule has 1 N–H and O–H groups in total. The zero-order valence-corrected chi connectivity index (χ0v) is 16.1. The van der Waals surface area contributed by atoms with Crippen LogP contribution >= 0.6 is 0 Å². The molecule has 2 aromatic rings. The van der Waals surface area contributed by atoms with E-state index in [2.05, 4.69) is 5.32 Å². The van der Waals surface area contributed by atoms with Crippen LogP contribution in [0.3, 0.4) is 0 Å². The van der Waals surface area contributed by atoms with E-state index in [0.717, 1.165) is 25.9 Å². The molecule has 0 aromatic heterocycles. The molecule has 0 saturated carbocycles. The quantitative estimate of drug-likeness (QED) is 0.827. The summed E-state index contributed by atoms with van der Waals surface area (Å²) in [5.41, 5.74) is 1.29. The second kappa shape index (κ2) is 9.78. The molecule has 1 aliphatic heterocycles. The van der Waals surface area contributed by atoms with Gasteiger partial charge in [-0.15, -0.1) is 0 Å². The van der Waals surface area contributed by atoms with Gasteiger partial charge in [0.15, 0.2) is 6.61 Å². The standard InChI is InChI=1S/C22H26N2O4/c1-27-20-8-6-7-18(15-20)23-21(25)16-28-19-11-9-17(10-12-19)22(26)24-13-4-2-3-5-14-24/h6-12,15H,2-5,13-14,16H2,1H3,(H,23,25). The van der Waals surface area contributed by atoms with Crippen LogP contribution in [0.4, 0.5) is 5.69 Å². The van der Waals surface area contributed by atoms with Crippen molar-refractivity contribution >= 4 is 17.5 Å². The maximum atomic E-state index is 12.6. The largest absolute Gasteiger partial charge is 0.497 e. The molecule has 3 rings (SSSR count). The van der Waals surface area contributed by atoms with Gasteiger partial charge in [0, 0.05) is 30.4 Å². The number of benzene rings is 2. The monoisotopic (exact) mass is 382 g/mol. The molecule has 0 aliphatic carbocycles. The number of ether oxygens (including phenoxy) is 2. The molecule has 0 atom stereocenters. The van der Waals surface area contributed by atoms with Gasteiger partial charge in [0.1, 0.15) is 11.5 Å². The first kappa shape index (κ1) is 19.7. The average Bonchev–Trinajstić information content (AvgIpc) is 3.02. The van der Waals surface area contributed by atoms with Crippen molar-refractivity contribution in [2.75, 3.05) is 32.1 Å². The third-order valence-corrected chi connectivity index (χ3v) is 4.72. The summed E-state index contributed by atoms with van der Waals surface area (Å²) in [5, 5.41) is 2.76. The maximum absolute atomic E-state index is 12.6. The predicted molar refractivity (Wildman–Crippen MR) is 108 cm³/mol. The van der Waals surface area contributed by atoms with Gasteiger partial charge < -0.3 is 19.7 Å². The summed E-state index contributed by atoms with van der Waals surface area (Å²) in [5.74, 6) is 1.01.